The van der Waals surface area contributed by atoms with Crippen LogP contribution in [0.15, 0.2) is 18.2 Å². The Bertz CT molecular complexity index is 323. The molecule has 16 heavy (non-hydrogen) atoms. The van der Waals surface area contributed by atoms with E-state index in [9.17, 15) is 5.11 Å². The van der Waals surface area contributed by atoms with Gasteiger partial charge < -0.3 is 19.3 Å². The van der Waals surface area contributed by atoms with Crippen molar-refractivity contribution in [3.8, 4) is 11.5 Å². The van der Waals surface area contributed by atoms with Gasteiger partial charge in [-0.15, -0.1) is 0 Å². The Balaban J connectivity index is 2.83. The third kappa shape index (κ3) is 3.40. The van der Waals surface area contributed by atoms with E-state index >= 15 is 0 Å². The number of hydrogen-bond acceptors (Lipinski definition) is 4. The molecule has 0 heterocycles. The number of aliphatic hydroxyl groups is 1. The average molecular weight is 226 g/mol. The van der Waals surface area contributed by atoms with Gasteiger partial charge in [-0.05, 0) is 19.1 Å². The largest absolute Gasteiger partial charge is 0.497 e. The van der Waals surface area contributed by atoms with E-state index in [1.165, 1.54) is 0 Å². The third-order valence-corrected chi connectivity index (χ3v) is 2.22. The first-order chi connectivity index (χ1) is 7.69. The smallest absolute Gasteiger partial charge is 0.128 e. The molecule has 0 radical (unpaired) electrons. The molecular formula is C12H18O4. The van der Waals surface area contributed by atoms with Crippen LogP contribution in [-0.2, 0) is 4.74 Å². The van der Waals surface area contributed by atoms with Crippen molar-refractivity contribution in [3.63, 3.8) is 0 Å². The van der Waals surface area contributed by atoms with Gasteiger partial charge in [-0.1, -0.05) is 0 Å². The monoisotopic (exact) mass is 226 g/mol. The molecule has 0 spiro atoms. The molecule has 0 unspecified atom stereocenters. The molecule has 0 amide bonds. The molecule has 1 aromatic rings. The second-order valence-corrected chi connectivity index (χ2v) is 3.42. The van der Waals surface area contributed by atoms with E-state index in [1.807, 2.05) is 0 Å². The summed E-state index contributed by atoms with van der Waals surface area (Å²) in [5, 5.41) is 9.57. The summed E-state index contributed by atoms with van der Waals surface area (Å²) in [5.74, 6) is 1.34. The molecule has 1 N–H and O–H groups in total. The normalized spacial score (nSPS) is 12.2. The highest BCUT2D eigenvalue weighted by molar-refractivity contribution is 5.41. The van der Waals surface area contributed by atoms with E-state index in [4.69, 9.17) is 14.2 Å². The fourth-order valence-electron chi connectivity index (χ4n) is 1.35. The maximum absolute atomic E-state index is 9.57. The van der Waals surface area contributed by atoms with Crippen LogP contribution in [0.5, 0.6) is 11.5 Å². The Morgan fingerprint density at radius 3 is 2.56 bits per heavy atom. The molecule has 0 aliphatic heterocycles. The summed E-state index contributed by atoms with van der Waals surface area (Å²) in [7, 11) is 3.21. The highest BCUT2D eigenvalue weighted by Gasteiger charge is 2.10. The third-order valence-electron chi connectivity index (χ3n) is 2.22. The minimum atomic E-state index is -0.566. The van der Waals surface area contributed by atoms with Crippen LogP contribution in [0.3, 0.4) is 0 Å². The average Bonchev–Trinajstić information content (AvgIpc) is 2.29. The zero-order valence-electron chi connectivity index (χ0n) is 9.90. The summed E-state index contributed by atoms with van der Waals surface area (Å²) in [5.41, 5.74) is 0.747. The molecule has 1 aromatic carbocycles. The SMILES string of the molecule is COCCOc1cc(OC)ccc1[C@H](C)O. The topological polar surface area (TPSA) is 47.9 Å². The minimum absolute atomic E-state index is 0.448. The van der Waals surface area contributed by atoms with Crippen LogP contribution in [0.4, 0.5) is 0 Å². The number of hydrogen-bond donors (Lipinski definition) is 1. The predicted octanol–water partition coefficient (Wildman–Crippen LogP) is 1.77. The Morgan fingerprint density at radius 2 is 2.00 bits per heavy atom. The molecule has 0 saturated carbocycles. The highest BCUT2D eigenvalue weighted by Crippen LogP contribution is 2.29. The van der Waals surface area contributed by atoms with E-state index in [2.05, 4.69) is 0 Å². The van der Waals surface area contributed by atoms with Crippen molar-refractivity contribution in [2.24, 2.45) is 0 Å². The number of benzene rings is 1. The van der Waals surface area contributed by atoms with Crippen molar-refractivity contribution in [2.75, 3.05) is 27.4 Å². The number of ether oxygens (including phenoxy) is 3. The van der Waals surface area contributed by atoms with Gasteiger partial charge in [-0.3, -0.25) is 0 Å². The van der Waals surface area contributed by atoms with Crippen molar-refractivity contribution in [3.05, 3.63) is 23.8 Å². The van der Waals surface area contributed by atoms with Crippen LogP contribution in [-0.4, -0.2) is 32.5 Å². The summed E-state index contributed by atoms with van der Waals surface area (Å²) >= 11 is 0. The number of methoxy groups -OCH3 is 2. The van der Waals surface area contributed by atoms with Gasteiger partial charge in [0.25, 0.3) is 0 Å². The van der Waals surface area contributed by atoms with Gasteiger partial charge in [-0.25, -0.2) is 0 Å². The first-order valence-electron chi connectivity index (χ1n) is 5.16. The number of aliphatic hydroxyl groups excluding tert-OH is 1. The Morgan fingerprint density at radius 1 is 1.25 bits per heavy atom. The van der Waals surface area contributed by atoms with Gasteiger partial charge in [0.15, 0.2) is 0 Å². The Hall–Kier alpha value is -1.26. The quantitative estimate of drug-likeness (QED) is 0.751. The molecule has 90 valence electrons. The van der Waals surface area contributed by atoms with E-state index < -0.39 is 6.10 Å². The van der Waals surface area contributed by atoms with Crippen molar-refractivity contribution >= 4 is 0 Å². The van der Waals surface area contributed by atoms with E-state index in [1.54, 1.807) is 39.3 Å². The second-order valence-electron chi connectivity index (χ2n) is 3.42. The lowest BCUT2D eigenvalue weighted by atomic mass is 10.1. The summed E-state index contributed by atoms with van der Waals surface area (Å²) in [4.78, 5) is 0. The molecule has 0 aliphatic rings. The lowest BCUT2D eigenvalue weighted by Crippen LogP contribution is -2.07. The Kier molecular flexibility index (Phi) is 5.08. The van der Waals surface area contributed by atoms with Crippen molar-refractivity contribution in [1.29, 1.82) is 0 Å². The van der Waals surface area contributed by atoms with Crippen LogP contribution in [0.25, 0.3) is 0 Å². The maximum atomic E-state index is 9.57. The minimum Gasteiger partial charge on any atom is -0.497 e. The van der Waals surface area contributed by atoms with E-state index in [0.29, 0.717) is 24.7 Å². The van der Waals surface area contributed by atoms with Crippen LogP contribution in [0.2, 0.25) is 0 Å². The standard InChI is InChI=1S/C12H18O4/c1-9(13)11-5-4-10(15-3)8-12(11)16-7-6-14-2/h4-5,8-9,13H,6-7H2,1-3H3/t9-/m0/s1. The van der Waals surface area contributed by atoms with Gasteiger partial charge in [0.2, 0.25) is 0 Å². The van der Waals surface area contributed by atoms with Crippen LogP contribution in [0, 0.1) is 0 Å². The predicted molar refractivity (Wildman–Crippen MR) is 61.0 cm³/mol. The lowest BCUT2D eigenvalue weighted by Gasteiger charge is -2.14. The maximum Gasteiger partial charge on any atom is 0.128 e. The Labute approximate surface area is 95.8 Å². The fraction of sp³-hybridized carbons (Fsp3) is 0.500. The molecule has 0 saturated heterocycles. The van der Waals surface area contributed by atoms with Crippen molar-refractivity contribution in [1.82, 2.24) is 0 Å². The van der Waals surface area contributed by atoms with Gasteiger partial charge >= 0.3 is 0 Å². The molecule has 4 heteroatoms. The molecule has 0 aromatic heterocycles. The van der Waals surface area contributed by atoms with Crippen LogP contribution < -0.4 is 9.47 Å². The molecule has 0 fully saturated rings. The summed E-state index contributed by atoms with van der Waals surface area (Å²) in [6.45, 7) is 2.66. The van der Waals surface area contributed by atoms with Crippen molar-refractivity contribution in [2.45, 2.75) is 13.0 Å². The molecule has 1 rings (SSSR count). The molecule has 0 bridgehead atoms. The summed E-state index contributed by atoms with van der Waals surface area (Å²) in [6.07, 6.45) is -0.566. The zero-order valence-corrected chi connectivity index (χ0v) is 9.90. The lowest BCUT2D eigenvalue weighted by molar-refractivity contribution is 0.140. The highest BCUT2D eigenvalue weighted by atomic mass is 16.5. The summed E-state index contributed by atoms with van der Waals surface area (Å²) in [6, 6.07) is 5.36. The number of rotatable bonds is 6. The first kappa shape index (κ1) is 12.8. The van der Waals surface area contributed by atoms with Gasteiger partial charge in [0.05, 0.1) is 19.8 Å². The second kappa shape index (κ2) is 6.35. The van der Waals surface area contributed by atoms with Crippen LogP contribution in [0.1, 0.15) is 18.6 Å². The van der Waals surface area contributed by atoms with E-state index in [-0.39, 0.29) is 0 Å². The van der Waals surface area contributed by atoms with Gasteiger partial charge in [0.1, 0.15) is 18.1 Å². The zero-order chi connectivity index (χ0) is 12.0. The summed E-state index contributed by atoms with van der Waals surface area (Å²) < 4.78 is 15.5. The molecular weight excluding hydrogens is 208 g/mol. The fourth-order valence-corrected chi connectivity index (χ4v) is 1.35. The van der Waals surface area contributed by atoms with E-state index in [0.717, 1.165) is 5.56 Å². The first-order valence-corrected chi connectivity index (χ1v) is 5.16. The molecule has 0 aliphatic carbocycles. The molecule has 4 nitrogen and oxygen atoms in total. The van der Waals surface area contributed by atoms with Gasteiger partial charge in [-0.2, -0.15) is 0 Å². The van der Waals surface area contributed by atoms with Crippen molar-refractivity contribution < 1.29 is 19.3 Å². The van der Waals surface area contributed by atoms with Crippen LogP contribution >= 0.6 is 0 Å². The van der Waals surface area contributed by atoms with Gasteiger partial charge in [0, 0.05) is 18.7 Å². The molecule has 1 atom stereocenters.